The maximum atomic E-state index is 12.4. The number of hydrogen-bond donors (Lipinski definition) is 0. The zero-order chi connectivity index (χ0) is 17.0. The van der Waals surface area contributed by atoms with Crippen molar-refractivity contribution in [1.29, 1.82) is 0 Å². The molecule has 0 fully saturated rings. The van der Waals surface area contributed by atoms with Gasteiger partial charge in [-0.3, -0.25) is 14.7 Å². The van der Waals surface area contributed by atoms with Crippen LogP contribution in [0, 0.1) is 0 Å². The third-order valence-corrected chi connectivity index (χ3v) is 4.11. The van der Waals surface area contributed by atoms with Gasteiger partial charge in [0.05, 0.1) is 10.2 Å². The van der Waals surface area contributed by atoms with Gasteiger partial charge in [-0.05, 0) is 12.1 Å². The summed E-state index contributed by atoms with van der Waals surface area (Å²) in [6.07, 6.45) is -2.83. The van der Waals surface area contributed by atoms with Crippen LogP contribution in [0.1, 0.15) is 6.42 Å². The van der Waals surface area contributed by atoms with Crippen molar-refractivity contribution < 1.29 is 18.0 Å². The van der Waals surface area contributed by atoms with Crippen molar-refractivity contribution in [1.82, 2.24) is 14.8 Å². The number of rotatable bonds is 5. The summed E-state index contributed by atoms with van der Waals surface area (Å²) in [5.74, 6) is -0.708. The Morgan fingerprint density at radius 2 is 2.22 bits per heavy atom. The van der Waals surface area contributed by atoms with Gasteiger partial charge in [0.1, 0.15) is 12.2 Å². The topological polar surface area (TPSA) is 51.0 Å². The fraction of sp³-hybridized carbons (Fsp3) is 0.286. The number of alkyl halides is 4. The van der Waals surface area contributed by atoms with Crippen LogP contribution in [-0.2, 0) is 9.35 Å². The molecule has 2 rings (SSSR count). The summed E-state index contributed by atoms with van der Waals surface area (Å²) in [6, 6.07) is 5.12. The van der Waals surface area contributed by atoms with Crippen LogP contribution in [0.5, 0.6) is 0 Å². The summed E-state index contributed by atoms with van der Waals surface area (Å²) < 4.78 is 43.1. The molecule has 0 aliphatic rings. The van der Waals surface area contributed by atoms with Crippen LogP contribution in [0.15, 0.2) is 30.6 Å². The van der Waals surface area contributed by atoms with Crippen molar-refractivity contribution in [3.63, 3.8) is 0 Å². The second kappa shape index (κ2) is 7.20. The molecule has 0 aliphatic heterocycles. The Bertz CT molecular complexity index is 700. The number of pyridine rings is 1. The van der Waals surface area contributed by atoms with Gasteiger partial charge in [-0.25, -0.2) is 4.68 Å². The van der Waals surface area contributed by atoms with Gasteiger partial charge in [0.15, 0.2) is 0 Å². The average molecular weight is 438 g/mol. The molecule has 23 heavy (non-hydrogen) atoms. The number of carbonyl (C=O) groups excluding carboxylic acids is 1. The highest BCUT2D eigenvalue weighted by Crippen LogP contribution is 2.27. The Morgan fingerprint density at radius 1 is 1.48 bits per heavy atom. The van der Waals surface area contributed by atoms with E-state index < -0.39 is 39.2 Å². The van der Waals surface area contributed by atoms with E-state index in [9.17, 15) is 18.0 Å². The van der Waals surface area contributed by atoms with Crippen LogP contribution in [0.2, 0.25) is 0 Å². The molecule has 1 amide bonds. The van der Waals surface area contributed by atoms with Gasteiger partial charge >= 0.3 is 6.18 Å². The van der Waals surface area contributed by atoms with Gasteiger partial charge in [-0.15, -0.1) is 20.7 Å². The van der Waals surface area contributed by atoms with Crippen LogP contribution in [-0.4, -0.2) is 38.4 Å². The Morgan fingerprint density at radius 3 is 2.78 bits per heavy atom. The van der Waals surface area contributed by atoms with Crippen molar-refractivity contribution in [3.8, 4) is 11.3 Å². The van der Waals surface area contributed by atoms with Crippen LogP contribution >= 0.6 is 20.7 Å². The third kappa shape index (κ3) is 4.60. The molecule has 0 aromatic carbocycles. The first-order valence-corrected chi connectivity index (χ1v) is 9.51. The van der Waals surface area contributed by atoms with Crippen LogP contribution in [0.3, 0.4) is 0 Å². The van der Waals surface area contributed by atoms with Crippen molar-refractivity contribution in [3.05, 3.63) is 30.6 Å². The number of amides is 1. The van der Waals surface area contributed by atoms with Gasteiger partial charge in [0.25, 0.3) is 0 Å². The first kappa shape index (κ1) is 17.6. The monoisotopic (exact) mass is 438 g/mol. The van der Waals surface area contributed by atoms with Gasteiger partial charge in [0, 0.05) is 31.1 Å². The van der Waals surface area contributed by atoms with E-state index in [0.717, 1.165) is 10.5 Å². The fourth-order valence-corrected chi connectivity index (χ4v) is 2.88. The summed E-state index contributed by atoms with van der Waals surface area (Å²) in [4.78, 5) is 16.8. The lowest BCUT2D eigenvalue weighted by molar-refractivity contribution is -0.151. The van der Waals surface area contributed by atoms with E-state index >= 15 is 0 Å². The molecule has 0 bridgehead atoms. The number of aromatic nitrogens is 3. The highest BCUT2D eigenvalue weighted by molar-refractivity contribution is 14.2. The molecule has 0 N–H and O–H groups in total. The maximum absolute atomic E-state index is 12.4. The minimum absolute atomic E-state index is 0.321. The molecular formula is C14H14F3IN4O. The summed E-state index contributed by atoms with van der Waals surface area (Å²) >= 11 is -0.443. The molecule has 0 saturated heterocycles. The zero-order valence-electron chi connectivity index (χ0n) is 12.2. The van der Waals surface area contributed by atoms with Gasteiger partial charge in [-0.1, -0.05) is 4.51 Å². The molecule has 0 atom stereocenters. The lowest BCUT2D eigenvalue weighted by Gasteiger charge is -2.18. The largest absolute Gasteiger partial charge is 0.397 e. The van der Waals surface area contributed by atoms with Crippen molar-refractivity contribution >= 4 is 37.0 Å². The van der Waals surface area contributed by atoms with Gasteiger partial charge in [-0.2, -0.15) is 18.3 Å². The van der Waals surface area contributed by atoms with E-state index in [1.165, 1.54) is 11.7 Å². The Balaban J connectivity index is 2.35. The van der Waals surface area contributed by atoms with Crippen LogP contribution in [0.25, 0.3) is 11.3 Å². The lowest BCUT2D eigenvalue weighted by Crippen LogP contribution is -2.32. The Labute approximate surface area is 140 Å². The maximum Gasteiger partial charge on any atom is 0.397 e. The predicted molar refractivity (Wildman–Crippen MR) is 90.7 cm³/mol. The minimum atomic E-state index is -4.54. The van der Waals surface area contributed by atoms with E-state index in [1.54, 1.807) is 30.6 Å². The van der Waals surface area contributed by atoms with E-state index in [4.69, 9.17) is 0 Å². The summed E-state index contributed by atoms with van der Waals surface area (Å²) in [5, 5.41) is 4.36. The first-order valence-electron chi connectivity index (χ1n) is 6.46. The summed E-state index contributed by atoms with van der Waals surface area (Å²) in [7, 11) is 1.32. The molecule has 0 aliphatic carbocycles. The average Bonchev–Trinajstić information content (AvgIpc) is 2.90. The highest BCUT2D eigenvalue weighted by Gasteiger charge is 2.33. The standard InChI is InChI=1S/C14H14F3IN4O/c1-18-9-22-12(21(2)13(23)7-14(15,16)17)6-11(20-22)10-4-3-5-19-8-10/h3-6,8H,1,7,9H2,2H3. The number of nitrogens with zero attached hydrogens (tertiary/aromatic N) is 4. The molecule has 124 valence electrons. The fourth-order valence-electron chi connectivity index (χ4n) is 1.92. The zero-order valence-corrected chi connectivity index (χ0v) is 14.4. The second-order valence-electron chi connectivity index (χ2n) is 4.68. The van der Waals surface area contributed by atoms with E-state index in [1.807, 2.05) is 0 Å². The molecule has 0 saturated carbocycles. The summed E-state index contributed by atoms with van der Waals surface area (Å²) in [6.45, 7) is 0. The van der Waals surface area contributed by atoms with Crippen molar-refractivity contribution in [2.45, 2.75) is 17.1 Å². The Hall–Kier alpha value is -1.78. The molecule has 2 aromatic heterocycles. The SMILES string of the molecule is C=ICn1nc(-c2cccnc2)cc1N(C)C(=O)CC(F)(F)F. The van der Waals surface area contributed by atoms with Crippen LogP contribution < -0.4 is 4.90 Å². The van der Waals surface area contributed by atoms with Crippen molar-refractivity contribution in [2.24, 2.45) is 0 Å². The number of halogens is 4. The van der Waals surface area contributed by atoms with E-state index in [-0.39, 0.29) is 0 Å². The molecule has 2 aromatic rings. The molecule has 2 heterocycles. The quantitative estimate of drug-likeness (QED) is 0.533. The number of carbonyl (C=O) groups is 1. The molecule has 0 radical (unpaired) electrons. The lowest BCUT2D eigenvalue weighted by atomic mass is 10.2. The summed E-state index contributed by atoms with van der Waals surface area (Å²) in [5.41, 5.74) is 1.28. The smallest absolute Gasteiger partial charge is 0.300 e. The van der Waals surface area contributed by atoms with E-state index in [0.29, 0.717) is 16.1 Å². The molecule has 9 heteroatoms. The second-order valence-corrected chi connectivity index (χ2v) is 6.44. The highest BCUT2D eigenvalue weighted by atomic mass is 127. The number of anilines is 1. The first-order chi connectivity index (χ1) is 10.8. The molecular weight excluding hydrogens is 424 g/mol. The molecule has 5 nitrogen and oxygen atoms in total. The van der Waals surface area contributed by atoms with E-state index in [2.05, 4.69) is 14.6 Å². The Kier molecular flexibility index (Phi) is 5.50. The normalized spacial score (nSPS) is 11.5. The van der Waals surface area contributed by atoms with Gasteiger partial charge < -0.3 is 0 Å². The van der Waals surface area contributed by atoms with Crippen LogP contribution in [0.4, 0.5) is 19.0 Å². The molecule has 0 unspecified atom stereocenters. The van der Waals surface area contributed by atoms with Crippen molar-refractivity contribution in [2.75, 3.05) is 11.9 Å². The minimum Gasteiger partial charge on any atom is -0.300 e. The molecule has 0 spiro atoms. The number of hydrogen-bond acceptors (Lipinski definition) is 3. The van der Waals surface area contributed by atoms with Gasteiger partial charge in [0.2, 0.25) is 5.91 Å². The predicted octanol–water partition coefficient (Wildman–Crippen LogP) is 3.22. The third-order valence-electron chi connectivity index (χ3n) is 2.98.